The molecule has 0 spiro atoms. The van der Waals surface area contributed by atoms with Gasteiger partial charge in [-0.1, -0.05) is 36.4 Å². The van der Waals surface area contributed by atoms with Crippen LogP contribution in [0.4, 0.5) is 0 Å². The molecule has 3 heterocycles. The molecule has 3 aromatic carbocycles. The average molecular weight is 576 g/mol. The monoisotopic (exact) mass is 575 g/mol. The highest BCUT2D eigenvalue weighted by Crippen LogP contribution is 2.31. The van der Waals surface area contributed by atoms with Gasteiger partial charge < -0.3 is 23.8 Å². The SMILES string of the molecule is O=P([O-])(O)CN(CCCN(Cc1nc2ccccc2[nH]1)Cc1nc2ccccc2s1)Cc1nc2ccccc2o1. The maximum atomic E-state index is 11.8. The lowest BCUT2D eigenvalue weighted by atomic mass is 10.3. The molecule has 1 unspecified atom stereocenters. The number of H-pyrrole nitrogens is 1. The second-order valence-corrected chi connectivity index (χ2v) is 12.4. The Morgan fingerprint density at radius 2 is 1.57 bits per heavy atom. The van der Waals surface area contributed by atoms with E-state index in [0.717, 1.165) is 32.1 Å². The first-order valence-electron chi connectivity index (χ1n) is 13.0. The molecule has 3 aromatic heterocycles. The van der Waals surface area contributed by atoms with Crippen molar-refractivity contribution in [1.29, 1.82) is 0 Å². The van der Waals surface area contributed by atoms with Crippen LogP contribution in [0.3, 0.4) is 0 Å². The topological polar surface area (TPSA) is 134 Å². The Labute approximate surface area is 234 Å². The standard InChI is InChI=1S/C28H29N6O4PS/c35-39(36,37)19-34(17-27-31-22-10-3-5-12-24(22)38-27)15-7-14-33(16-26-29-20-8-1-2-9-21(20)30-26)18-28-32-23-11-4-6-13-25(23)40-28/h1-6,8-13H,7,14-19H2,(H,29,30)(H2,35,36,37)/p-1. The maximum Gasteiger partial charge on any atom is 0.209 e. The van der Waals surface area contributed by atoms with E-state index < -0.39 is 13.9 Å². The Morgan fingerprint density at radius 3 is 2.35 bits per heavy atom. The second-order valence-electron chi connectivity index (χ2n) is 9.75. The molecule has 12 heteroatoms. The van der Waals surface area contributed by atoms with Crippen LogP contribution < -0.4 is 4.89 Å². The Hall–Kier alpha value is -3.44. The van der Waals surface area contributed by atoms with Gasteiger partial charge in [0.2, 0.25) is 5.89 Å². The lowest BCUT2D eigenvalue weighted by molar-refractivity contribution is -0.195. The molecule has 0 aliphatic carbocycles. The first-order chi connectivity index (χ1) is 19.4. The summed E-state index contributed by atoms with van der Waals surface area (Å²) in [7, 11) is -4.53. The van der Waals surface area contributed by atoms with Crippen LogP contribution in [0, 0.1) is 0 Å². The third-order valence-electron chi connectivity index (χ3n) is 6.53. The lowest BCUT2D eigenvalue weighted by Gasteiger charge is -2.27. The number of fused-ring (bicyclic) bond motifs is 3. The molecule has 2 N–H and O–H groups in total. The van der Waals surface area contributed by atoms with Gasteiger partial charge in [0.05, 0.1) is 47.2 Å². The van der Waals surface area contributed by atoms with Crippen molar-refractivity contribution in [3.05, 3.63) is 89.5 Å². The minimum atomic E-state index is -4.53. The van der Waals surface area contributed by atoms with Crippen molar-refractivity contribution in [2.75, 3.05) is 19.4 Å². The van der Waals surface area contributed by atoms with Gasteiger partial charge in [0, 0.05) is 13.1 Å². The summed E-state index contributed by atoms with van der Waals surface area (Å²) in [5.41, 5.74) is 4.22. The fourth-order valence-corrected chi connectivity index (χ4v) is 6.59. The molecule has 10 nitrogen and oxygen atoms in total. The van der Waals surface area contributed by atoms with Crippen molar-refractivity contribution in [1.82, 2.24) is 29.7 Å². The summed E-state index contributed by atoms with van der Waals surface area (Å²) in [6.45, 7) is 2.45. The van der Waals surface area contributed by atoms with Gasteiger partial charge in [0.25, 0.3) is 0 Å². The molecule has 6 aromatic rings. The molecule has 0 saturated carbocycles. The van der Waals surface area contributed by atoms with Crippen LogP contribution in [0.15, 0.2) is 77.2 Å². The summed E-state index contributed by atoms with van der Waals surface area (Å²) in [5.74, 6) is 1.26. The molecule has 0 aliphatic heterocycles. The van der Waals surface area contributed by atoms with E-state index in [1.165, 1.54) is 0 Å². The number of para-hydroxylation sites is 5. The smallest absolute Gasteiger partial charge is 0.209 e. The molecule has 6 rings (SSSR count). The summed E-state index contributed by atoms with van der Waals surface area (Å²) >= 11 is 1.67. The molecular weight excluding hydrogens is 547 g/mol. The van der Waals surface area contributed by atoms with Crippen LogP contribution in [-0.2, 0) is 24.2 Å². The molecule has 0 aliphatic rings. The fourth-order valence-electron chi connectivity index (χ4n) is 4.83. The van der Waals surface area contributed by atoms with Gasteiger partial charge in [-0.25, -0.2) is 15.0 Å². The highest BCUT2D eigenvalue weighted by Gasteiger charge is 2.18. The number of benzene rings is 3. The summed E-state index contributed by atoms with van der Waals surface area (Å²) in [5, 5.41) is 1.00. The normalized spacial score (nSPS) is 13.7. The van der Waals surface area contributed by atoms with Crippen LogP contribution in [0.1, 0.15) is 23.1 Å². The van der Waals surface area contributed by atoms with E-state index >= 15 is 0 Å². The average Bonchev–Trinajstić information content (AvgIpc) is 3.62. The van der Waals surface area contributed by atoms with Gasteiger partial charge >= 0.3 is 0 Å². The van der Waals surface area contributed by atoms with E-state index in [2.05, 4.69) is 20.9 Å². The van der Waals surface area contributed by atoms with E-state index in [4.69, 9.17) is 14.4 Å². The summed E-state index contributed by atoms with van der Waals surface area (Å²) in [6, 6.07) is 23.4. The van der Waals surface area contributed by atoms with Gasteiger partial charge in [-0.2, -0.15) is 0 Å². The zero-order valence-corrected chi connectivity index (χ0v) is 23.4. The number of rotatable bonds is 12. The van der Waals surface area contributed by atoms with Crippen molar-refractivity contribution < 1.29 is 18.8 Å². The van der Waals surface area contributed by atoms with Crippen molar-refractivity contribution >= 4 is 51.3 Å². The van der Waals surface area contributed by atoms with Crippen LogP contribution in [0.25, 0.3) is 32.3 Å². The van der Waals surface area contributed by atoms with Crippen molar-refractivity contribution in [3.63, 3.8) is 0 Å². The van der Waals surface area contributed by atoms with E-state index in [9.17, 15) is 14.4 Å². The highest BCUT2D eigenvalue weighted by atomic mass is 32.1. The molecule has 0 saturated heterocycles. The van der Waals surface area contributed by atoms with Crippen LogP contribution >= 0.6 is 18.9 Å². The predicted octanol–water partition coefficient (Wildman–Crippen LogP) is 4.71. The number of nitrogens with one attached hydrogen (secondary N) is 1. The molecule has 0 bridgehead atoms. The fraction of sp³-hybridized carbons (Fsp3) is 0.250. The van der Waals surface area contributed by atoms with Crippen LogP contribution in [0.5, 0.6) is 0 Å². The van der Waals surface area contributed by atoms with E-state index in [1.807, 2.05) is 66.7 Å². The first-order valence-corrected chi connectivity index (χ1v) is 15.6. The third-order valence-corrected chi connectivity index (χ3v) is 8.31. The van der Waals surface area contributed by atoms with Crippen LogP contribution in [-0.4, -0.2) is 54.0 Å². The van der Waals surface area contributed by atoms with Gasteiger partial charge in [-0.3, -0.25) is 9.80 Å². The van der Waals surface area contributed by atoms with E-state index in [1.54, 1.807) is 16.2 Å². The molecular formula is C28H28N6O4PS-. The summed E-state index contributed by atoms with van der Waals surface area (Å²) in [4.78, 5) is 42.8. The zero-order chi connectivity index (χ0) is 27.5. The Kier molecular flexibility index (Phi) is 7.75. The number of hydrogen-bond donors (Lipinski definition) is 2. The predicted molar refractivity (Wildman–Crippen MR) is 154 cm³/mol. The Bertz CT molecular complexity index is 1620. The van der Waals surface area contributed by atoms with Gasteiger partial charge in [0.1, 0.15) is 23.9 Å². The summed E-state index contributed by atoms with van der Waals surface area (Å²) < 4.78 is 18.8. The number of oxazole rings is 1. The minimum absolute atomic E-state index is 0.170. The highest BCUT2D eigenvalue weighted by molar-refractivity contribution is 7.50. The second kappa shape index (κ2) is 11.6. The Balaban J connectivity index is 1.17. The number of thiazole rings is 1. The van der Waals surface area contributed by atoms with Crippen LogP contribution in [0.2, 0.25) is 0 Å². The quantitative estimate of drug-likeness (QED) is 0.199. The molecule has 1 atom stereocenters. The number of aromatic amines is 1. The number of hydrogen-bond acceptors (Lipinski definition) is 9. The van der Waals surface area contributed by atoms with E-state index in [-0.39, 0.29) is 6.54 Å². The van der Waals surface area contributed by atoms with Crippen molar-refractivity contribution in [2.45, 2.75) is 26.1 Å². The maximum absolute atomic E-state index is 11.8. The lowest BCUT2D eigenvalue weighted by Crippen LogP contribution is -2.31. The van der Waals surface area contributed by atoms with Gasteiger partial charge in [0.15, 0.2) is 5.58 Å². The molecule has 40 heavy (non-hydrogen) atoms. The van der Waals surface area contributed by atoms with Gasteiger partial charge in [-0.05, 0) is 42.8 Å². The van der Waals surface area contributed by atoms with E-state index in [0.29, 0.717) is 49.6 Å². The number of imidazole rings is 1. The Morgan fingerprint density at radius 1 is 0.850 bits per heavy atom. The molecule has 206 valence electrons. The molecule has 0 amide bonds. The van der Waals surface area contributed by atoms with Crippen molar-refractivity contribution in [2.24, 2.45) is 0 Å². The number of nitrogens with zero attached hydrogens (tertiary/aromatic N) is 5. The van der Waals surface area contributed by atoms with Crippen molar-refractivity contribution in [3.8, 4) is 0 Å². The summed E-state index contributed by atoms with van der Waals surface area (Å²) in [6.07, 6.45) is 0.165. The first kappa shape index (κ1) is 26.8. The molecule has 0 radical (unpaired) electrons. The molecule has 0 fully saturated rings. The minimum Gasteiger partial charge on any atom is -0.778 e. The number of aromatic nitrogens is 4. The van der Waals surface area contributed by atoms with Gasteiger partial charge in [-0.15, -0.1) is 11.3 Å². The largest absolute Gasteiger partial charge is 0.778 e. The third kappa shape index (κ3) is 6.64. The zero-order valence-electron chi connectivity index (χ0n) is 21.6.